The Hall–Kier alpha value is -0.410. The van der Waals surface area contributed by atoms with Gasteiger partial charge in [0.25, 0.3) is 0 Å². The largest absolute Gasteiger partial charge is 0.327 e. The van der Waals surface area contributed by atoms with Gasteiger partial charge in [0, 0.05) is 17.1 Å². The summed E-state index contributed by atoms with van der Waals surface area (Å²) in [4.78, 5) is 5.63. The van der Waals surface area contributed by atoms with Gasteiger partial charge in [0.2, 0.25) is 0 Å². The van der Waals surface area contributed by atoms with Crippen LogP contribution in [0, 0.1) is 12.8 Å². The molecule has 0 radical (unpaired) electrons. The molecule has 2 rings (SSSR count). The molecule has 0 saturated heterocycles. The smallest absolute Gasteiger partial charge is 0.0896 e. The van der Waals surface area contributed by atoms with E-state index in [1.807, 2.05) is 6.20 Å². The van der Waals surface area contributed by atoms with Crippen LogP contribution in [0.4, 0.5) is 0 Å². The van der Waals surface area contributed by atoms with Crippen LogP contribution in [0.25, 0.3) is 0 Å². The molecule has 16 heavy (non-hydrogen) atoms. The number of thiazole rings is 1. The van der Waals surface area contributed by atoms with E-state index in [-0.39, 0.29) is 0 Å². The molecule has 0 spiro atoms. The second-order valence-corrected chi connectivity index (χ2v) is 6.37. The van der Waals surface area contributed by atoms with Crippen molar-refractivity contribution in [2.75, 3.05) is 0 Å². The number of hydrogen-bond donors (Lipinski definition) is 1. The zero-order chi connectivity index (χ0) is 11.4. The molecule has 1 saturated carbocycles. The van der Waals surface area contributed by atoms with Crippen molar-refractivity contribution in [2.24, 2.45) is 11.7 Å². The monoisotopic (exact) mass is 238 g/mol. The fourth-order valence-electron chi connectivity index (χ4n) is 2.69. The van der Waals surface area contributed by atoms with E-state index in [1.54, 1.807) is 11.3 Å². The molecule has 1 aromatic rings. The third kappa shape index (κ3) is 3.56. The fourth-order valence-corrected chi connectivity index (χ4v) is 3.58. The highest BCUT2D eigenvalue weighted by molar-refractivity contribution is 7.11. The standard InChI is InChI=1S/C13H22N2S/c1-10-15-9-13(16-10)8-12(14)7-11-5-3-2-4-6-11/h9,11-12H,2-8,14H2,1H3. The molecule has 1 aliphatic carbocycles. The minimum absolute atomic E-state index is 0.336. The average molecular weight is 238 g/mol. The van der Waals surface area contributed by atoms with Crippen LogP contribution in [0.3, 0.4) is 0 Å². The van der Waals surface area contributed by atoms with Crippen molar-refractivity contribution in [2.45, 2.75) is 57.9 Å². The van der Waals surface area contributed by atoms with E-state index in [0.29, 0.717) is 6.04 Å². The summed E-state index contributed by atoms with van der Waals surface area (Å²) >= 11 is 1.79. The molecule has 1 fully saturated rings. The first kappa shape index (κ1) is 12.1. The SMILES string of the molecule is Cc1ncc(CC(N)CC2CCCCC2)s1. The molecular weight excluding hydrogens is 216 g/mol. The lowest BCUT2D eigenvalue weighted by Gasteiger charge is -2.24. The number of nitrogens with zero attached hydrogens (tertiary/aromatic N) is 1. The van der Waals surface area contributed by atoms with Gasteiger partial charge in [-0.15, -0.1) is 11.3 Å². The predicted molar refractivity (Wildman–Crippen MR) is 69.7 cm³/mol. The van der Waals surface area contributed by atoms with Gasteiger partial charge in [-0.3, -0.25) is 0 Å². The lowest BCUT2D eigenvalue weighted by atomic mass is 9.84. The minimum atomic E-state index is 0.336. The summed E-state index contributed by atoms with van der Waals surface area (Å²) in [6, 6.07) is 0.336. The Morgan fingerprint density at radius 3 is 2.81 bits per heavy atom. The van der Waals surface area contributed by atoms with Gasteiger partial charge in [-0.2, -0.15) is 0 Å². The lowest BCUT2D eigenvalue weighted by Crippen LogP contribution is -2.26. The van der Waals surface area contributed by atoms with Crippen LogP contribution in [0.15, 0.2) is 6.20 Å². The quantitative estimate of drug-likeness (QED) is 0.874. The molecular formula is C13H22N2S. The number of rotatable bonds is 4. The van der Waals surface area contributed by atoms with E-state index in [1.165, 1.54) is 43.4 Å². The molecule has 0 amide bonds. The molecule has 2 N–H and O–H groups in total. The van der Waals surface area contributed by atoms with Crippen molar-refractivity contribution in [3.63, 3.8) is 0 Å². The normalized spacial score (nSPS) is 19.9. The molecule has 1 heterocycles. The van der Waals surface area contributed by atoms with Crippen LogP contribution in [-0.4, -0.2) is 11.0 Å². The van der Waals surface area contributed by atoms with Crippen LogP contribution in [-0.2, 0) is 6.42 Å². The van der Waals surface area contributed by atoms with Crippen molar-refractivity contribution in [3.8, 4) is 0 Å². The number of hydrogen-bond acceptors (Lipinski definition) is 3. The second kappa shape index (κ2) is 5.78. The van der Waals surface area contributed by atoms with Crippen LogP contribution >= 0.6 is 11.3 Å². The summed E-state index contributed by atoms with van der Waals surface area (Å²) < 4.78 is 0. The van der Waals surface area contributed by atoms with Crippen LogP contribution < -0.4 is 5.73 Å². The first-order valence-corrected chi connectivity index (χ1v) is 7.22. The Balaban J connectivity index is 1.77. The predicted octanol–water partition coefficient (Wildman–Crippen LogP) is 3.29. The van der Waals surface area contributed by atoms with E-state index in [9.17, 15) is 0 Å². The lowest BCUT2D eigenvalue weighted by molar-refractivity contribution is 0.317. The van der Waals surface area contributed by atoms with Crippen molar-refractivity contribution in [1.29, 1.82) is 0 Å². The summed E-state index contributed by atoms with van der Waals surface area (Å²) in [5.74, 6) is 0.887. The van der Waals surface area contributed by atoms with Crippen molar-refractivity contribution >= 4 is 11.3 Å². The van der Waals surface area contributed by atoms with Crippen LogP contribution in [0.5, 0.6) is 0 Å². The molecule has 1 atom stereocenters. The van der Waals surface area contributed by atoms with Crippen molar-refractivity contribution in [1.82, 2.24) is 4.98 Å². The van der Waals surface area contributed by atoms with E-state index >= 15 is 0 Å². The van der Waals surface area contributed by atoms with Gasteiger partial charge in [0.05, 0.1) is 5.01 Å². The Morgan fingerprint density at radius 2 is 2.19 bits per heavy atom. The highest BCUT2D eigenvalue weighted by Crippen LogP contribution is 2.27. The fraction of sp³-hybridized carbons (Fsp3) is 0.769. The number of aryl methyl sites for hydroxylation is 1. The Kier molecular flexibility index (Phi) is 4.36. The maximum absolute atomic E-state index is 6.22. The Labute approximate surface area is 102 Å². The zero-order valence-electron chi connectivity index (χ0n) is 10.1. The van der Waals surface area contributed by atoms with Crippen molar-refractivity contribution < 1.29 is 0 Å². The van der Waals surface area contributed by atoms with Gasteiger partial charge < -0.3 is 5.73 Å². The van der Waals surface area contributed by atoms with Gasteiger partial charge in [-0.05, 0) is 25.7 Å². The number of nitrogens with two attached hydrogens (primary N) is 1. The highest BCUT2D eigenvalue weighted by atomic mass is 32.1. The van der Waals surface area contributed by atoms with E-state index < -0.39 is 0 Å². The van der Waals surface area contributed by atoms with Gasteiger partial charge in [0.1, 0.15) is 0 Å². The maximum Gasteiger partial charge on any atom is 0.0896 e. The molecule has 0 aliphatic heterocycles. The molecule has 90 valence electrons. The average Bonchev–Trinajstić information content (AvgIpc) is 2.65. The summed E-state index contributed by atoms with van der Waals surface area (Å²) in [7, 11) is 0. The van der Waals surface area contributed by atoms with Crippen LogP contribution in [0.1, 0.15) is 48.4 Å². The number of aromatic nitrogens is 1. The van der Waals surface area contributed by atoms with Gasteiger partial charge in [-0.1, -0.05) is 32.1 Å². The van der Waals surface area contributed by atoms with Gasteiger partial charge >= 0.3 is 0 Å². The third-order valence-corrected chi connectivity index (χ3v) is 4.43. The van der Waals surface area contributed by atoms with Crippen LogP contribution in [0.2, 0.25) is 0 Å². The third-order valence-electron chi connectivity index (χ3n) is 3.49. The maximum atomic E-state index is 6.22. The molecule has 1 aliphatic rings. The summed E-state index contributed by atoms with van der Waals surface area (Å²) in [6.07, 6.45) is 11.3. The summed E-state index contributed by atoms with van der Waals surface area (Å²) in [6.45, 7) is 2.06. The molecule has 2 nitrogen and oxygen atoms in total. The second-order valence-electron chi connectivity index (χ2n) is 5.05. The van der Waals surface area contributed by atoms with E-state index in [4.69, 9.17) is 5.73 Å². The molecule has 0 aromatic carbocycles. The summed E-state index contributed by atoms with van der Waals surface area (Å²) in [5.41, 5.74) is 6.22. The summed E-state index contributed by atoms with van der Waals surface area (Å²) in [5, 5.41) is 1.15. The van der Waals surface area contributed by atoms with E-state index in [0.717, 1.165) is 17.3 Å². The van der Waals surface area contributed by atoms with Gasteiger partial charge in [-0.25, -0.2) is 4.98 Å². The molecule has 1 unspecified atom stereocenters. The zero-order valence-corrected chi connectivity index (χ0v) is 10.9. The van der Waals surface area contributed by atoms with Gasteiger partial charge in [0.15, 0.2) is 0 Å². The Morgan fingerprint density at radius 1 is 1.44 bits per heavy atom. The topological polar surface area (TPSA) is 38.9 Å². The molecule has 0 bridgehead atoms. The highest BCUT2D eigenvalue weighted by Gasteiger charge is 2.17. The van der Waals surface area contributed by atoms with Crippen molar-refractivity contribution in [3.05, 3.63) is 16.1 Å². The first-order chi connectivity index (χ1) is 7.74. The Bertz CT molecular complexity index is 315. The molecule has 1 aromatic heterocycles. The molecule has 3 heteroatoms. The minimum Gasteiger partial charge on any atom is -0.327 e. The first-order valence-electron chi connectivity index (χ1n) is 6.41. The van der Waals surface area contributed by atoms with E-state index in [2.05, 4.69) is 11.9 Å².